The fourth-order valence-electron chi connectivity index (χ4n) is 2.04. The van der Waals surface area contributed by atoms with Crippen LogP contribution in [0.4, 0.5) is 0 Å². The minimum Gasteiger partial charge on any atom is -0.395 e. The van der Waals surface area contributed by atoms with Crippen LogP contribution in [0.2, 0.25) is 0 Å². The van der Waals surface area contributed by atoms with Crippen LogP contribution >= 0.6 is 0 Å². The summed E-state index contributed by atoms with van der Waals surface area (Å²) >= 11 is 0. The molecule has 1 unspecified atom stereocenters. The van der Waals surface area contributed by atoms with E-state index in [4.69, 9.17) is 9.84 Å². The Morgan fingerprint density at radius 2 is 1.93 bits per heavy atom. The second kappa shape index (κ2) is 7.17. The van der Waals surface area contributed by atoms with Gasteiger partial charge in [-0.3, -0.25) is 9.80 Å². The fraction of sp³-hybridized carbons (Fsp3) is 1.00. The standard InChI is InChI=1S/C11H24N2O2/c1-11(3-10-15-2)13-6-4-12(5-7-13)8-9-14/h11,14H,3-10H2,1-2H3. The van der Waals surface area contributed by atoms with Gasteiger partial charge in [0.25, 0.3) is 0 Å². The topological polar surface area (TPSA) is 35.9 Å². The number of piperazine rings is 1. The van der Waals surface area contributed by atoms with Crippen LogP contribution < -0.4 is 0 Å². The van der Waals surface area contributed by atoms with Crippen LogP contribution in [0.1, 0.15) is 13.3 Å². The minimum atomic E-state index is 0.277. The van der Waals surface area contributed by atoms with Crippen molar-refractivity contribution in [3.63, 3.8) is 0 Å². The summed E-state index contributed by atoms with van der Waals surface area (Å²) in [6.07, 6.45) is 1.11. The second-order valence-electron chi connectivity index (χ2n) is 4.23. The van der Waals surface area contributed by atoms with Crippen LogP contribution in [0.5, 0.6) is 0 Å². The average Bonchev–Trinajstić information content (AvgIpc) is 2.27. The first kappa shape index (κ1) is 12.9. The molecule has 4 heteroatoms. The summed E-state index contributed by atoms with van der Waals surface area (Å²) < 4.78 is 5.09. The number of aliphatic hydroxyl groups excluding tert-OH is 1. The zero-order chi connectivity index (χ0) is 11.1. The van der Waals surface area contributed by atoms with Crippen molar-refractivity contribution >= 4 is 0 Å². The average molecular weight is 216 g/mol. The Bertz CT molecular complexity index is 159. The molecule has 0 spiro atoms. The summed E-state index contributed by atoms with van der Waals surface area (Å²) in [7, 11) is 1.76. The summed E-state index contributed by atoms with van der Waals surface area (Å²) in [6.45, 7) is 8.60. The largest absolute Gasteiger partial charge is 0.395 e. The van der Waals surface area contributed by atoms with Crippen molar-refractivity contribution in [1.29, 1.82) is 0 Å². The molecule has 0 aromatic carbocycles. The van der Waals surface area contributed by atoms with Crippen molar-refractivity contribution in [3.8, 4) is 0 Å². The van der Waals surface area contributed by atoms with Crippen LogP contribution in [0, 0.1) is 0 Å². The molecule has 0 aromatic rings. The highest BCUT2D eigenvalue weighted by atomic mass is 16.5. The van der Waals surface area contributed by atoms with Crippen LogP contribution in [0.15, 0.2) is 0 Å². The van der Waals surface area contributed by atoms with Gasteiger partial charge in [-0.05, 0) is 13.3 Å². The number of methoxy groups -OCH3 is 1. The van der Waals surface area contributed by atoms with Crippen LogP contribution in [0.25, 0.3) is 0 Å². The molecular weight excluding hydrogens is 192 g/mol. The molecule has 1 N–H and O–H groups in total. The van der Waals surface area contributed by atoms with Crippen LogP contribution in [-0.2, 0) is 4.74 Å². The van der Waals surface area contributed by atoms with Crippen molar-refractivity contribution in [2.45, 2.75) is 19.4 Å². The number of hydrogen-bond donors (Lipinski definition) is 1. The number of rotatable bonds is 6. The lowest BCUT2D eigenvalue weighted by atomic mass is 10.2. The minimum absolute atomic E-state index is 0.277. The Morgan fingerprint density at radius 3 is 2.47 bits per heavy atom. The molecule has 0 aromatic heterocycles. The molecule has 1 saturated heterocycles. The number of ether oxygens (including phenoxy) is 1. The monoisotopic (exact) mass is 216 g/mol. The van der Waals surface area contributed by atoms with Crippen molar-refractivity contribution in [2.75, 3.05) is 53.0 Å². The molecule has 0 bridgehead atoms. The lowest BCUT2D eigenvalue weighted by Crippen LogP contribution is -2.50. The molecule has 0 radical (unpaired) electrons. The van der Waals surface area contributed by atoms with Gasteiger partial charge in [-0.15, -0.1) is 0 Å². The third-order valence-electron chi connectivity index (χ3n) is 3.19. The predicted molar refractivity (Wildman–Crippen MR) is 61.1 cm³/mol. The molecule has 4 nitrogen and oxygen atoms in total. The van der Waals surface area contributed by atoms with Gasteiger partial charge in [0.15, 0.2) is 0 Å². The summed E-state index contributed by atoms with van der Waals surface area (Å²) in [4.78, 5) is 4.83. The maximum absolute atomic E-state index is 8.84. The van der Waals surface area contributed by atoms with Gasteiger partial charge in [0, 0.05) is 52.5 Å². The molecule has 1 atom stereocenters. The lowest BCUT2D eigenvalue weighted by molar-refractivity contribution is 0.0739. The van der Waals surface area contributed by atoms with E-state index in [1.54, 1.807) is 7.11 Å². The van der Waals surface area contributed by atoms with E-state index in [1.807, 2.05) is 0 Å². The molecule has 1 rings (SSSR count). The molecule has 1 aliphatic heterocycles. The molecule has 90 valence electrons. The highest BCUT2D eigenvalue weighted by Gasteiger charge is 2.20. The van der Waals surface area contributed by atoms with E-state index < -0.39 is 0 Å². The first-order valence-electron chi connectivity index (χ1n) is 5.84. The van der Waals surface area contributed by atoms with E-state index >= 15 is 0 Å². The molecule has 0 aliphatic carbocycles. The Morgan fingerprint density at radius 1 is 1.27 bits per heavy atom. The zero-order valence-electron chi connectivity index (χ0n) is 9.98. The van der Waals surface area contributed by atoms with Gasteiger partial charge in [-0.25, -0.2) is 0 Å². The van der Waals surface area contributed by atoms with Crippen molar-refractivity contribution in [1.82, 2.24) is 9.80 Å². The fourth-order valence-corrected chi connectivity index (χ4v) is 2.04. The van der Waals surface area contributed by atoms with Gasteiger partial charge in [0.05, 0.1) is 6.61 Å². The molecule has 15 heavy (non-hydrogen) atoms. The van der Waals surface area contributed by atoms with Gasteiger partial charge in [-0.1, -0.05) is 0 Å². The van der Waals surface area contributed by atoms with E-state index in [0.29, 0.717) is 6.04 Å². The maximum atomic E-state index is 8.84. The zero-order valence-corrected chi connectivity index (χ0v) is 9.98. The van der Waals surface area contributed by atoms with Crippen molar-refractivity contribution in [3.05, 3.63) is 0 Å². The van der Waals surface area contributed by atoms with E-state index in [-0.39, 0.29) is 6.61 Å². The molecule has 0 amide bonds. The third kappa shape index (κ3) is 4.47. The van der Waals surface area contributed by atoms with E-state index in [9.17, 15) is 0 Å². The number of aliphatic hydroxyl groups is 1. The predicted octanol–water partition coefficient (Wildman–Crippen LogP) is 0.0213. The first-order chi connectivity index (χ1) is 7.27. The summed E-state index contributed by atoms with van der Waals surface area (Å²) in [5.74, 6) is 0. The Balaban J connectivity index is 2.18. The Hall–Kier alpha value is -0.160. The van der Waals surface area contributed by atoms with Crippen LogP contribution in [0.3, 0.4) is 0 Å². The Labute approximate surface area is 92.8 Å². The summed E-state index contributed by atoms with van der Waals surface area (Å²) in [5.41, 5.74) is 0. The number of hydrogen-bond acceptors (Lipinski definition) is 4. The number of nitrogens with zero attached hydrogens (tertiary/aromatic N) is 2. The molecule has 1 aliphatic rings. The van der Waals surface area contributed by atoms with Crippen molar-refractivity contribution in [2.24, 2.45) is 0 Å². The van der Waals surface area contributed by atoms with Gasteiger partial charge in [0.1, 0.15) is 0 Å². The molecular formula is C11H24N2O2. The quantitative estimate of drug-likeness (QED) is 0.679. The van der Waals surface area contributed by atoms with Gasteiger partial charge in [0.2, 0.25) is 0 Å². The smallest absolute Gasteiger partial charge is 0.0558 e. The number of β-amino-alcohol motifs (C(OH)–C–C–N with tert-alkyl or cyclic N) is 1. The van der Waals surface area contributed by atoms with Gasteiger partial charge >= 0.3 is 0 Å². The highest BCUT2D eigenvalue weighted by Crippen LogP contribution is 2.08. The SMILES string of the molecule is COCCC(C)N1CCN(CCO)CC1. The van der Waals surface area contributed by atoms with Gasteiger partial charge in [-0.2, -0.15) is 0 Å². The maximum Gasteiger partial charge on any atom is 0.0558 e. The normalized spacial score (nSPS) is 21.8. The Kier molecular flexibility index (Phi) is 6.17. The molecule has 1 heterocycles. The third-order valence-corrected chi connectivity index (χ3v) is 3.19. The second-order valence-corrected chi connectivity index (χ2v) is 4.23. The van der Waals surface area contributed by atoms with E-state index in [1.165, 1.54) is 0 Å². The van der Waals surface area contributed by atoms with Crippen molar-refractivity contribution < 1.29 is 9.84 Å². The first-order valence-corrected chi connectivity index (χ1v) is 5.84. The van der Waals surface area contributed by atoms with Gasteiger partial charge < -0.3 is 9.84 Å². The van der Waals surface area contributed by atoms with E-state index in [2.05, 4.69) is 16.7 Å². The summed E-state index contributed by atoms with van der Waals surface area (Å²) in [5, 5.41) is 8.84. The van der Waals surface area contributed by atoms with Crippen LogP contribution in [-0.4, -0.2) is 74.0 Å². The molecule has 1 fully saturated rings. The molecule has 0 saturated carbocycles. The summed E-state index contributed by atoms with van der Waals surface area (Å²) in [6, 6.07) is 0.612. The lowest BCUT2D eigenvalue weighted by Gasteiger charge is -2.37. The van der Waals surface area contributed by atoms with E-state index in [0.717, 1.165) is 45.8 Å². The highest BCUT2D eigenvalue weighted by molar-refractivity contribution is 4.75.